The highest BCUT2D eigenvalue weighted by atomic mass is 32.2. The Bertz CT molecular complexity index is 452. The predicted octanol–water partition coefficient (Wildman–Crippen LogP) is 4.23. The van der Waals surface area contributed by atoms with Crippen LogP contribution in [0.1, 0.15) is 31.4 Å². The maximum Gasteiger partial charge on any atom is 0.161 e. The van der Waals surface area contributed by atoms with Gasteiger partial charge in [0.1, 0.15) is 0 Å². The molecule has 0 saturated carbocycles. The van der Waals surface area contributed by atoms with E-state index in [1.165, 1.54) is 23.2 Å². The molecule has 1 aliphatic heterocycles. The monoisotopic (exact) mass is 262 g/mol. The Morgan fingerprint density at radius 1 is 1.39 bits per heavy atom. The molecule has 2 nitrogen and oxygen atoms in total. The minimum absolute atomic E-state index is 0.489. The van der Waals surface area contributed by atoms with Crippen LogP contribution in [-0.2, 0) is 0 Å². The molecule has 0 radical (unpaired) electrons. The van der Waals surface area contributed by atoms with Crippen LogP contribution in [0.4, 0.5) is 5.69 Å². The third-order valence-corrected chi connectivity index (χ3v) is 4.12. The summed E-state index contributed by atoms with van der Waals surface area (Å²) in [4.78, 5) is 4.76. The van der Waals surface area contributed by atoms with Gasteiger partial charge in [-0.15, -0.1) is 0 Å². The van der Waals surface area contributed by atoms with Gasteiger partial charge in [-0.3, -0.25) is 4.99 Å². The van der Waals surface area contributed by atoms with E-state index in [-0.39, 0.29) is 0 Å². The fraction of sp³-hybridized carbons (Fsp3) is 0.533. The second-order valence-corrected chi connectivity index (χ2v) is 6.48. The standard InChI is InChI=1S/C15H22N2S/c1-10(2)7-13-9-18-15(16-13)17-14-8-11(3)5-6-12(14)4/h5-6,8,10,13H,7,9H2,1-4H3,(H,16,17). The van der Waals surface area contributed by atoms with E-state index in [4.69, 9.17) is 4.99 Å². The summed E-state index contributed by atoms with van der Waals surface area (Å²) in [6.07, 6.45) is 1.19. The number of hydrogen-bond donors (Lipinski definition) is 1. The second-order valence-electron chi connectivity index (χ2n) is 5.47. The van der Waals surface area contributed by atoms with Crippen molar-refractivity contribution in [2.45, 2.75) is 40.2 Å². The summed E-state index contributed by atoms with van der Waals surface area (Å²) in [6.45, 7) is 8.77. The van der Waals surface area contributed by atoms with E-state index in [1.54, 1.807) is 0 Å². The maximum absolute atomic E-state index is 4.76. The minimum Gasteiger partial charge on any atom is -0.335 e. The number of rotatable bonds is 3. The lowest BCUT2D eigenvalue weighted by molar-refractivity contribution is 0.529. The number of aliphatic imine (C=N–C) groups is 1. The number of nitrogens with zero attached hydrogens (tertiary/aromatic N) is 1. The fourth-order valence-electron chi connectivity index (χ4n) is 2.13. The molecule has 18 heavy (non-hydrogen) atoms. The van der Waals surface area contributed by atoms with E-state index in [0.29, 0.717) is 6.04 Å². The number of thioether (sulfide) groups is 1. The highest BCUT2D eigenvalue weighted by Gasteiger charge is 2.19. The number of nitrogens with one attached hydrogen (secondary N) is 1. The van der Waals surface area contributed by atoms with Gasteiger partial charge in [-0.2, -0.15) is 0 Å². The van der Waals surface area contributed by atoms with Gasteiger partial charge in [0.25, 0.3) is 0 Å². The van der Waals surface area contributed by atoms with Crippen LogP contribution in [0.5, 0.6) is 0 Å². The molecule has 1 atom stereocenters. The van der Waals surface area contributed by atoms with Crippen molar-refractivity contribution >= 4 is 22.6 Å². The molecule has 0 aromatic heterocycles. The molecular formula is C15H22N2S. The molecule has 98 valence electrons. The summed E-state index contributed by atoms with van der Waals surface area (Å²) in [7, 11) is 0. The fourth-order valence-corrected chi connectivity index (χ4v) is 3.10. The molecule has 1 aromatic rings. The van der Waals surface area contributed by atoms with Gasteiger partial charge >= 0.3 is 0 Å². The third-order valence-electron chi connectivity index (χ3n) is 3.09. The van der Waals surface area contributed by atoms with Crippen LogP contribution < -0.4 is 5.32 Å². The first kappa shape index (κ1) is 13.5. The molecule has 1 heterocycles. The number of amidine groups is 1. The first-order valence-corrected chi connectivity index (χ1v) is 7.58. The number of aryl methyl sites for hydroxylation is 2. The zero-order valence-corrected chi connectivity index (χ0v) is 12.5. The van der Waals surface area contributed by atoms with Crippen molar-refractivity contribution < 1.29 is 0 Å². The predicted molar refractivity (Wildman–Crippen MR) is 82.7 cm³/mol. The van der Waals surface area contributed by atoms with E-state index >= 15 is 0 Å². The SMILES string of the molecule is Cc1ccc(C)c(NC2=NC(CC(C)C)CS2)c1. The molecule has 3 heteroatoms. The highest BCUT2D eigenvalue weighted by molar-refractivity contribution is 8.14. The minimum atomic E-state index is 0.489. The highest BCUT2D eigenvalue weighted by Crippen LogP contribution is 2.25. The topological polar surface area (TPSA) is 24.4 Å². The summed E-state index contributed by atoms with van der Waals surface area (Å²) >= 11 is 1.84. The van der Waals surface area contributed by atoms with E-state index in [9.17, 15) is 0 Å². The summed E-state index contributed by atoms with van der Waals surface area (Å²) in [5.74, 6) is 1.84. The van der Waals surface area contributed by atoms with Crippen molar-refractivity contribution in [3.8, 4) is 0 Å². The van der Waals surface area contributed by atoms with E-state index in [1.807, 2.05) is 11.8 Å². The molecule has 1 N–H and O–H groups in total. The van der Waals surface area contributed by atoms with Gasteiger partial charge in [0, 0.05) is 11.4 Å². The van der Waals surface area contributed by atoms with Crippen molar-refractivity contribution in [1.82, 2.24) is 0 Å². The van der Waals surface area contributed by atoms with Gasteiger partial charge in [0.15, 0.2) is 5.17 Å². The van der Waals surface area contributed by atoms with Crippen LogP contribution in [0.3, 0.4) is 0 Å². The Hall–Kier alpha value is -0.960. The maximum atomic E-state index is 4.76. The lowest BCUT2D eigenvalue weighted by atomic mass is 10.1. The van der Waals surface area contributed by atoms with Crippen LogP contribution in [0.2, 0.25) is 0 Å². The van der Waals surface area contributed by atoms with Crippen LogP contribution >= 0.6 is 11.8 Å². The van der Waals surface area contributed by atoms with E-state index < -0.39 is 0 Å². The van der Waals surface area contributed by atoms with Crippen LogP contribution in [-0.4, -0.2) is 17.0 Å². The Morgan fingerprint density at radius 3 is 2.89 bits per heavy atom. The lowest BCUT2D eigenvalue weighted by Gasteiger charge is -2.09. The summed E-state index contributed by atoms with van der Waals surface area (Å²) < 4.78 is 0. The van der Waals surface area contributed by atoms with Gasteiger partial charge in [-0.1, -0.05) is 37.7 Å². The summed E-state index contributed by atoms with van der Waals surface area (Å²) in [5, 5.41) is 4.54. The lowest BCUT2D eigenvalue weighted by Crippen LogP contribution is -2.08. The smallest absolute Gasteiger partial charge is 0.161 e. The second kappa shape index (κ2) is 5.79. The molecule has 0 fully saturated rings. The zero-order valence-electron chi connectivity index (χ0n) is 11.7. The number of hydrogen-bond acceptors (Lipinski definition) is 3. The molecular weight excluding hydrogens is 240 g/mol. The Balaban J connectivity index is 2.04. The molecule has 0 amide bonds. The summed E-state index contributed by atoms with van der Waals surface area (Å²) in [6, 6.07) is 6.98. The van der Waals surface area contributed by atoms with Crippen LogP contribution in [0.25, 0.3) is 0 Å². The normalized spacial score (nSPS) is 19.2. The van der Waals surface area contributed by atoms with Crippen molar-refractivity contribution in [2.24, 2.45) is 10.9 Å². The molecule has 2 rings (SSSR count). The number of benzene rings is 1. The average molecular weight is 262 g/mol. The van der Waals surface area contributed by atoms with E-state index in [2.05, 4.69) is 51.2 Å². The molecule has 0 saturated heterocycles. The average Bonchev–Trinajstić information content (AvgIpc) is 2.70. The number of anilines is 1. The summed E-state index contributed by atoms with van der Waals surface area (Å²) in [5.41, 5.74) is 3.74. The van der Waals surface area contributed by atoms with Crippen molar-refractivity contribution in [3.05, 3.63) is 29.3 Å². The van der Waals surface area contributed by atoms with Crippen molar-refractivity contribution in [1.29, 1.82) is 0 Å². The third kappa shape index (κ3) is 3.52. The molecule has 0 aliphatic carbocycles. The molecule has 0 spiro atoms. The van der Waals surface area contributed by atoms with Gasteiger partial charge in [0.05, 0.1) is 6.04 Å². The quantitative estimate of drug-likeness (QED) is 0.881. The van der Waals surface area contributed by atoms with Gasteiger partial charge in [-0.25, -0.2) is 0 Å². The molecule has 1 aromatic carbocycles. The Kier molecular flexibility index (Phi) is 4.33. The molecule has 1 unspecified atom stereocenters. The van der Waals surface area contributed by atoms with Gasteiger partial charge in [-0.05, 0) is 43.4 Å². The van der Waals surface area contributed by atoms with Crippen molar-refractivity contribution in [2.75, 3.05) is 11.1 Å². The van der Waals surface area contributed by atoms with E-state index in [0.717, 1.165) is 16.8 Å². The Morgan fingerprint density at radius 2 is 2.17 bits per heavy atom. The molecule has 0 bridgehead atoms. The van der Waals surface area contributed by atoms with Crippen LogP contribution in [0, 0.1) is 19.8 Å². The molecule has 1 aliphatic rings. The Labute approximate surface area is 114 Å². The zero-order chi connectivity index (χ0) is 13.1. The van der Waals surface area contributed by atoms with Crippen molar-refractivity contribution in [3.63, 3.8) is 0 Å². The first-order valence-electron chi connectivity index (χ1n) is 6.59. The largest absolute Gasteiger partial charge is 0.335 e. The van der Waals surface area contributed by atoms with Gasteiger partial charge in [0.2, 0.25) is 0 Å². The first-order chi connectivity index (χ1) is 8.54. The van der Waals surface area contributed by atoms with Gasteiger partial charge < -0.3 is 5.32 Å². The van der Waals surface area contributed by atoms with Crippen LogP contribution in [0.15, 0.2) is 23.2 Å².